The van der Waals surface area contributed by atoms with Crippen LogP contribution in [0.1, 0.15) is 24.0 Å². The minimum atomic E-state index is -3.48. The van der Waals surface area contributed by atoms with E-state index in [9.17, 15) is 13.2 Å². The van der Waals surface area contributed by atoms with Crippen molar-refractivity contribution in [1.82, 2.24) is 9.62 Å². The first-order valence-electron chi connectivity index (χ1n) is 9.77. The van der Waals surface area contributed by atoms with E-state index >= 15 is 0 Å². The standard InChI is InChI=1S/C22H27N3O3S/c1-18-9-11-21(12-10-18)24-22(26)23-16-20-8-5-14-25(17-20)29(27,28)15-13-19-6-3-2-4-7-19/h2-4,6-7,9-13,15,20H,5,8,14,16-17H2,1H3,(H2,23,24,26)/b15-13+. The Morgan fingerprint density at radius 3 is 2.59 bits per heavy atom. The highest BCUT2D eigenvalue weighted by Crippen LogP contribution is 2.20. The molecule has 1 heterocycles. The van der Waals surface area contributed by atoms with E-state index in [1.54, 1.807) is 6.08 Å². The van der Waals surface area contributed by atoms with E-state index in [0.717, 1.165) is 29.7 Å². The molecule has 1 atom stereocenters. The second-order valence-corrected chi connectivity index (χ2v) is 9.14. The third-order valence-corrected chi connectivity index (χ3v) is 6.47. The summed E-state index contributed by atoms with van der Waals surface area (Å²) in [6.45, 7) is 3.34. The summed E-state index contributed by atoms with van der Waals surface area (Å²) >= 11 is 0. The predicted octanol–water partition coefficient (Wildman–Crippen LogP) is 3.83. The summed E-state index contributed by atoms with van der Waals surface area (Å²) in [6.07, 6.45) is 3.29. The first-order chi connectivity index (χ1) is 13.9. The van der Waals surface area contributed by atoms with Gasteiger partial charge in [-0.25, -0.2) is 13.2 Å². The molecular formula is C22H27N3O3S. The van der Waals surface area contributed by atoms with Gasteiger partial charge in [-0.3, -0.25) is 0 Å². The average molecular weight is 414 g/mol. The number of hydrogen-bond donors (Lipinski definition) is 2. The highest BCUT2D eigenvalue weighted by atomic mass is 32.2. The van der Waals surface area contributed by atoms with Crippen molar-refractivity contribution >= 4 is 27.8 Å². The monoisotopic (exact) mass is 413 g/mol. The molecule has 0 spiro atoms. The van der Waals surface area contributed by atoms with Gasteiger partial charge in [0.15, 0.2) is 0 Å². The van der Waals surface area contributed by atoms with E-state index in [-0.39, 0.29) is 11.9 Å². The second kappa shape index (κ2) is 9.71. The summed E-state index contributed by atoms with van der Waals surface area (Å²) in [4.78, 5) is 12.1. The number of carbonyl (C=O) groups is 1. The zero-order chi connectivity index (χ0) is 20.7. The molecule has 0 radical (unpaired) electrons. The van der Waals surface area contributed by atoms with Gasteiger partial charge < -0.3 is 10.6 Å². The predicted molar refractivity (Wildman–Crippen MR) is 117 cm³/mol. The van der Waals surface area contributed by atoms with E-state index in [1.165, 1.54) is 9.71 Å². The quantitative estimate of drug-likeness (QED) is 0.755. The van der Waals surface area contributed by atoms with Gasteiger partial charge in [0, 0.05) is 30.7 Å². The molecule has 1 aliphatic heterocycles. The van der Waals surface area contributed by atoms with Crippen molar-refractivity contribution in [3.8, 4) is 0 Å². The van der Waals surface area contributed by atoms with E-state index in [0.29, 0.717) is 19.6 Å². The lowest BCUT2D eigenvalue weighted by Gasteiger charge is -2.31. The van der Waals surface area contributed by atoms with Gasteiger partial charge in [0.05, 0.1) is 0 Å². The average Bonchev–Trinajstić information content (AvgIpc) is 2.73. The van der Waals surface area contributed by atoms with E-state index in [1.807, 2.05) is 61.5 Å². The summed E-state index contributed by atoms with van der Waals surface area (Å²) in [6, 6.07) is 16.6. The molecule has 2 aromatic carbocycles. The van der Waals surface area contributed by atoms with Gasteiger partial charge in [0.25, 0.3) is 0 Å². The van der Waals surface area contributed by atoms with Crippen LogP contribution in [0.4, 0.5) is 10.5 Å². The first kappa shape index (κ1) is 21.1. The molecule has 1 fully saturated rings. The third-order valence-electron chi connectivity index (χ3n) is 4.93. The molecule has 2 N–H and O–H groups in total. The molecule has 0 bridgehead atoms. The number of nitrogens with one attached hydrogen (secondary N) is 2. The van der Waals surface area contributed by atoms with Crippen LogP contribution in [0.25, 0.3) is 6.08 Å². The molecule has 7 heteroatoms. The molecule has 0 aromatic heterocycles. The van der Waals surface area contributed by atoms with Gasteiger partial charge in [-0.05, 0) is 49.5 Å². The maximum atomic E-state index is 12.7. The summed E-state index contributed by atoms with van der Waals surface area (Å²) in [5.74, 6) is 0.0902. The number of benzene rings is 2. The van der Waals surface area contributed by atoms with Crippen LogP contribution in [-0.4, -0.2) is 38.4 Å². The van der Waals surface area contributed by atoms with E-state index in [2.05, 4.69) is 10.6 Å². The Labute approximate surface area is 172 Å². The highest BCUT2D eigenvalue weighted by molar-refractivity contribution is 7.92. The Morgan fingerprint density at radius 1 is 1.14 bits per heavy atom. The van der Waals surface area contributed by atoms with Crippen molar-refractivity contribution in [2.45, 2.75) is 19.8 Å². The van der Waals surface area contributed by atoms with Crippen molar-refractivity contribution in [2.75, 3.05) is 25.0 Å². The van der Waals surface area contributed by atoms with Crippen LogP contribution in [0.3, 0.4) is 0 Å². The fraction of sp³-hybridized carbons (Fsp3) is 0.318. The lowest BCUT2D eigenvalue weighted by molar-refractivity contribution is 0.239. The molecule has 2 aromatic rings. The smallest absolute Gasteiger partial charge is 0.319 e. The maximum Gasteiger partial charge on any atom is 0.319 e. The van der Waals surface area contributed by atoms with Crippen LogP contribution in [0.5, 0.6) is 0 Å². The Kier molecular flexibility index (Phi) is 7.06. The summed E-state index contributed by atoms with van der Waals surface area (Å²) in [5.41, 5.74) is 2.70. The zero-order valence-electron chi connectivity index (χ0n) is 16.5. The number of amides is 2. The molecule has 3 rings (SSSR count). The van der Waals surface area contributed by atoms with Gasteiger partial charge in [0.1, 0.15) is 0 Å². The Morgan fingerprint density at radius 2 is 1.86 bits per heavy atom. The molecule has 154 valence electrons. The number of piperidine rings is 1. The number of carbonyl (C=O) groups excluding carboxylic acids is 1. The fourth-order valence-electron chi connectivity index (χ4n) is 3.29. The second-order valence-electron chi connectivity index (χ2n) is 7.33. The molecule has 0 saturated carbocycles. The Bertz CT molecular complexity index is 941. The van der Waals surface area contributed by atoms with Crippen molar-refractivity contribution in [3.63, 3.8) is 0 Å². The van der Waals surface area contributed by atoms with Crippen LogP contribution >= 0.6 is 0 Å². The molecule has 1 saturated heterocycles. The van der Waals surface area contributed by atoms with Gasteiger partial charge in [-0.15, -0.1) is 0 Å². The number of sulfonamides is 1. The van der Waals surface area contributed by atoms with E-state index < -0.39 is 10.0 Å². The van der Waals surface area contributed by atoms with E-state index in [4.69, 9.17) is 0 Å². The summed E-state index contributed by atoms with van der Waals surface area (Å²) in [7, 11) is -3.48. The molecule has 29 heavy (non-hydrogen) atoms. The number of hydrogen-bond acceptors (Lipinski definition) is 3. The van der Waals surface area contributed by atoms with Crippen molar-refractivity contribution in [2.24, 2.45) is 5.92 Å². The normalized spacial score (nSPS) is 17.9. The van der Waals surface area contributed by atoms with Gasteiger partial charge in [-0.2, -0.15) is 4.31 Å². The first-order valence-corrected chi connectivity index (χ1v) is 11.3. The summed E-state index contributed by atoms with van der Waals surface area (Å²) < 4.78 is 26.8. The molecule has 6 nitrogen and oxygen atoms in total. The molecule has 1 unspecified atom stereocenters. The number of rotatable bonds is 6. The Balaban J connectivity index is 1.51. The lowest BCUT2D eigenvalue weighted by atomic mass is 10.00. The minimum Gasteiger partial charge on any atom is -0.338 e. The molecule has 1 aliphatic rings. The SMILES string of the molecule is Cc1ccc(NC(=O)NCC2CCCN(S(=O)(=O)/C=C/c3ccccc3)C2)cc1. The van der Waals surface area contributed by atoms with Crippen LogP contribution in [0, 0.1) is 12.8 Å². The van der Waals surface area contributed by atoms with Crippen molar-refractivity contribution in [1.29, 1.82) is 0 Å². The third kappa shape index (κ3) is 6.44. The van der Waals surface area contributed by atoms with Gasteiger partial charge >= 0.3 is 6.03 Å². The van der Waals surface area contributed by atoms with Crippen LogP contribution in [-0.2, 0) is 10.0 Å². The fourth-order valence-corrected chi connectivity index (χ4v) is 4.59. The van der Waals surface area contributed by atoms with Crippen LogP contribution in [0.2, 0.25) is 0 Å². The maximum absolute atomic E-state index is 12.7. The largest absolute Gasteiger partial charge is 0.338 e. The molecule has 2 amide bonds. The van der Waals surface area contributed by atoms with Crippen LogP contribution in [0.15, 0.2) is 60.0 Å². The Hall–Kier alpha value is -2.64. The summed E-state index contributed by atoms with van der Waals surface area (Å²) in [5, 5.41) is 6.92. The number of aryl methyl sites for hydroxylation is 1. The molecular weight excluding hydrogens is 386 g/mol. The van der Waals surface area contributed by atoms with Gasteiger partial charge in [0.2, 0.25) is 10.0 Å². The lowest BCUT2D eigenvalue weighted by Crippen LogP contribution is -2.43. The topological polar surface area (TPSA) is 78.5 Å². The van der Waals surface area contributed by atoms with Gasteiger partial charge in [-0.1, -0.05) is 48.0 Å². The number of nitrogens with zero attached hydrogens (tertiary/aromatic N) is 1. The minimum absolute atomic E-state index is 0.0902. The van der Waals surface area contributed by atoms with Crippen molar-refractivity contribution in [3.05, 3.63) is 71.1 Å². The highest BCUT2D eigenvalue weighted by Gasteiger charge is 2.27. The number of urea groups is 1. The zero-order valence-corrected chi connectivity index (χ0v) is 17.4. The number of anilines is 1. The van der Waals surface area contributed by atoms with Crippen LogP contribution < -0.4 is 10.6 Å². The molecule has 0 aliphatic carbocycles. The van der Waals surface area contributed by atoms with Crippen molar-refractivity contribution < 1.29 is 13.2 Å².